The zero-order chi connectivity index (χ0) is 18.1. The second-order valence-corrected chi connectivity index (χ2v) is 7.29. The van der Waals surface area contributed by atoms with Gasteiger partial charge in [-0.05, 0) is 37.1 Å². The number of ether oxygens (including phenoxy) is 1. The Bertz CT molecular complexity index is 969. The predicted molar refractivity (Wildman–Crippen MR) is 99.8 cm³/mol. The van der Waals surface area contributed by atoms with E-state index in [9.17, 15) is 4.79 Å². The lowest BCUT2D eigenvalue weighted by molar-refractivity contribution is 0.113. The van der Waals surface area contributed by atoms with E-state index in [0.717, 1.165) is 22.4 Å². The van der Waals surface area contributed by atoms with Crippen LogP contribution in [0.25, 0.3) is 11.5 Å². The predicted octanol–water partition coefficient (Wildman–Crippen LogP) is 4.48. The molecule has 3 heterocycles. The van der Waals surface area contributed by atoms with E-state index in [1.807, 2.05) is 0 Å². The van der Waals surface area contributed by atoms with Gasteiger partial charge in [-0.1, -0.05) is 22.8 Å². The minimum atomic E-state index is -0.371. The number of halogens is 1. The molecule has 134 valence electrons. The molecule has 0 bridgehead atoms. The molecule has 2 N–H and O–H groups in total. The first-order valence-electron chi connectivity index (χ1n) is 7.96. The summed E-state index contributed by atoms with van der Waals surface area (Å²) in [5.74, 6) is 0.946. The van der Waals surface area contributed by atoms with Crippen molar-refractivity contribution in [2.75, 3.05) is 17.2 Å². The van der Waals surface area contributed by atoms with Crippen LogP contribution < -0.4 is 10.6 Å². The molecule has 26 heavy (non-hydrogen) atoms. The summed E-state index contributed by atoms with van der Waals surface area (Å²) >= 11 is 7.41. The summed E-state index contributed by atoms with van der Waals surface area (Å²) < 4.78 is 10.9. The van der Waals surface area contributed by atoms with Crippen LogP contribution in [0.1, 0.15) is 16.3 Å². The number of carbonyl (C=O) groups excluding carboxylic acids is 1. The van der Waals surface area contributed by atoms with Crippen molar-refractivity contribution in [1.29, 1.82) is 0 Å². The van der Waals surface area contributed by atoms with E-state index in [1.54, 1.807) is 31.2 Å². The lowest BCUT2D eigenvalue weighted by Gasteiger charge is -2.12. The summed E-state index contributed by atoms with van der Waals surface area (Å²) in [5, 5.41) is 10.7. The van der Waals surface area contributed by atoms with E-state index in [1.165, 1.54) is 11.3 Å². The Morgan fingerprint density at radius 2 is 2.23 bits per heavy atom. The van der Waals surface area contributed by atoms with Gasteiger partial charge >= 0.3 is 6.03 Å². The number of rotatable bonds is 3. The summed E-state index contributed by atoms with van der Waals surface area (Å²) in [7, 11) is 0. The molecule has 1 aliphatic rings. The number of nitrogens with one attached hydrogen (secondary N) is 2. The first-order valence-corrected chi connectivity index (χ1v) is 9.16. The fraction of sp³-hybridized carbons (Fsp3) is 0.235. The third-order valence-electron chi connectivity index (χ3n) is 3.87. The van der Waals surface area contributed by atoms with Crippen molar-refractivity contribution in [3.8, 4) is 11.5 Å². The molecular formula is C17H15ClN4O3S. The molecule has 0 atom stereocenters. The molecule has 2 aromatic heterocycles. The van der Waals surface area contributed by atoms with Crippen molar-refractivity contribution in [2.24, 2.45) is 0 Å². The molecule has 4 rings (SSSR count). The van der Waals surface area contributed by atoms with Gasteiger partial charge in [0.05, 0.1) is 18.8 Å². The zero-order valence-corrected chi connectivity index (χ0v) is 15.4. The maximum Gasteiger partial charge on any atom is 0.324 e. The number of thiophene rings is 1. The van der Waals surface area contributed by atoms with Crippen molar-refractivity contribution < 1.29 is 14.1 Å². The summed E-state index contributed by atoms with van der Waals surface area (Å²) in [6.45, 7) is 2.89. The number of nitrogens with zero attached hydrogens (tertiary/aromatic N) is 2. The molecule has 0 saturated heterocycles. The molecule has 7 nitrogen and oxygen atoms in total. The highest BCUT2D eigenvalue weighted by atomic mass is 35.5. The van der Waals surface area contributed by atoms with Crippen LogP contribution in [-0.4, -0.2) is 22.8 Å². The fourth-order valence-corrected chi connectivity index (χ4v) is 4.14. The number of urea groups is 1. The minimum Gasteiger partial charge on any atom is -0.376 e. The third-order valence-corrected chi connectivity index (χ3v) is 5.23. The van der Waals surface area contributed by atoms with E-state index >= 15 is 0 Å². The van der Waals surface area contributed by atoms with Crippen molar-refractivity contribution in [3.05, 3.63) is 45.6 Å². The summed E-state index contributed by atoms with van der Waals surface area (Å²) in [6.07, 6.45) is 0.736. The Labute approximate surface area is 158 Å². The minimum absolute atomic E-state index is 0.371. The van der Waals surface area contributed by atoms with Gasteiger partial charge in [0, 0.05) is 15.6 Å². The normalized spacial score (nSPS) is 13.3. The molecular weight excluding hydrogens is 376 g/mol. The van der Waals surface area contributed by atoms with Crippen molar-refractivity contribution in [1.82, 2.24) is 10.1 Å². The molecule has 0 unspecified atom stereocenters. The van der Waals surface area contributed by atoms with Gasteiger partial charge in [0.25, 0.3) is 5.89 Å². The Hall–Kier alpha value is -2.42. The van der Waals surface area contributed by atoms with E-state index in [4.69, 9.17) is 20.9 Å². The van der Waals surface area contributed by atoms with Gasteiger partial charge < -0.3 is 14.6 Å². The van der Waals surface area contributed by atoms with Crippen LogP contribution >= 0.6 is 22.9 Å². The highest BCUT2D eigenvalue weighted by Crippen LogP contribution is 2.42. The van der Waals surface area contributed by atoms with Crippen molar-refractivity contribution in [3.63, 3.8) is 0 Å². The first-order chi connectivity index (χ1) is 12.6. The molecule has 0 spiro atoms. The quantitative estimate of drug-likeness (QED) is 0.688. The standard InChI is InChI=1S/C17H15ClN4O3S/c1-9-19-15(25-22-9)14-12-5-6-24-8-13(12)26-16(14)21-17(23)20-11-4-2-3-10(18)7-11/h2-4,7H,5-6,8H2,1H3,(H2,20,21,23). The maximum absolute atomic E-state index is 12.4. The number of carbonyl (C=O) groups is 1. The monoisotopic (exact) mass is 390 g/mol. The smallest absolute Gasteiger partial charge is 0.324 e. The average molecular weight is 391 g/mol. The van der Waals surface area contributed by atoms with E-state index < -0.39 is 0 Å². The molecule has 0 saturated carbocycles. The van der Waals surface area contributed by atoms with Gasteiger partial charge in [-0.15, -0.1) is 11.3 Å². The first kappa shape index (κ1) is 17.0. The molecule has 0 radical (unpaired) electrons. The fourth-order valence-electron chi connectivity index (χ4n) is 2.78. The van der Waals surface area contributed by atoms with Crippen LogP contribution in [-0.2, 0) is 17.8 Å². The topological polar surface area (TPSA) is 89.3 Å². The number of fused-ring (bicyclic) bond motifs is 1. The van der Waals surface area contributed by atoms with Gasteiger partial charge in [0.1, 0.15) is 5.00 Å². The maximum atomic E-state index is 12.4. The second-order valence-electron chi connectivity index (χ2n) is 5.75. The van der Waals surface area contributed by atoms with Crippen LogP contribution in [0.3, 0.4) is 0 Å². The molecule has 1 aromatic carbocycles. The Balaban J connectivity index is 1.63. The Kier molecular flexibility index (Phi) is 4.62. The number of benzene rings is 1. The van der Waals surface area contributed by atoms with Crippen LogP contribution in [0.15, 0.2) is 28.8 Å². The van der Waals surface area contributed by atoms with Crippen LogP contribution in [0.4, 0.5) is 15.5 Å². The van der Waals surface area contributed by atoms with E-state index in [0.29, 0.717) is 40.6 Å². The Morgan fingerprint density at radius 1 is 1.35 bits per heavy atom. The lowest BCUT2D eigenvalue weighted by atomic mass is 10.1. The number of aryl methyl sites for hydroxylation is 1. The van der Waals surface area contributed by atoms with E-state index in [2.05, 4.69) is 20.8 Å². The van der Waals surface area contributed by atoms with E-state index in [-0.39, 0.29) is 6.03 Å². The average Bonchev–Trinajstić information content (AvgIpc) is 3.17. The SMILES string of the molecule is Cc1noc(-c2c(NC(=O)Nc3cccc(Cl)c3)sc3c2CCOC3)n1. The highest BCUT2D eigenvalue weighted by molar-refractivity contribution is 7.17. The highest BCUT2D eigenvalue weighted by Gasteiger charge is 2.26. The number of amides is 2. The van der Waals surface area contributed by atoms with Gasteiger partial charge in [0.2, 0.25) is 0 Å². The second kappa shape index (κ2) is 7.06. The van der Waals surface area contributed by atoms with Gasteiger partial charge in [-0.25, -0.2) is 4.79 Å². The van der Waals surface area contributed by atoms with Crippen molar-refractivity contribution >= 4 is 39.7 Å². The van der Waals surface area contributed by atoms with Crippen LogP contribution in [0.5, 0.6) is 0 Å². The van der Waals surface area contributed by atoms with Crippen LogP contribution in [0.2, 0.25) is 5.02 Å². The molecule has 3 aromatic rings. The van der Waals surface area contributed by atoms with Gasteiger partial charge in [0.15, 0.2) is 5.82 Å². The lowest BCUT2D eigenvalue weighted by Crippen LogP contribution is -2.19. The third kappa shape index (κ3) is 3.44. The molecule has 0 aliphatic carbocycles. The number of aromatic nitrogens is 2. The number of hydrogen-bond acceptors (Lipinski definition) is 6. The van der Waals surface area contributed by atoms with Crippen molar-refractivity contribution in [2.45, 2.75) is 20.0 Å². The zero-order valence-electron chi connectivity index (χ0n) is 13.8. The number of anilines is 2. The molecule has 0 fully saturated rings. The summed E-state index contributed by atoms with van der Waals surface area (Å²) in [5.41, 5.74) is 2.47. The molecule has 1 aliphatic heterocycles. The molecule has 2 amide bonds. The summed E-state index contributed by atoms with van der Waals surface area (Å²) in [6, 6.07) is 6.58. The van der Waals surface area contributed by atoms with Gasteiger partial charge in [-0.2, -0.15) is 4.98 Å². The molecule has 9 heteroatoms. The number of hydrogen-bond donors (Lipinski definition) is 2. The largest absolute Gasteiger partial charge is 0.376 e. The Morgan fingerprint density at radius 3 is 3.00 bits per heavy atom. The summed E-state index contributed by atoms with van der Waals surface area (Å²) in [4.78, 5) is 17.8. The van der Waals surface area contributed by atoms with Gasteiger partial charge in [-0.3, -0.25) is 5.32 Å². The van der Waals surface area contributed by atoms with Crippen LogP contribution in [0, 0.1) is 6.92 Å².